The molecule has 0 heterocycles. The summed E-state index contributed by atoms with van der Waals surface area (Å²) >= 11 is 0. The third kappa shape index (κ3) is 4.43. The lowest BCUT2D eigenvalue weighted by atomic mass is 10.1. The van der Waals surface area contributed by atoms with Crippen LogP contribution in [-0.4, -0.2) is 17.9 Å². The van der Waals surface area contributed by atoms with Crippen molar-refractivity contribution in [3.63, 3.8) is 0 Å². The van der Waals surface area contributed by atoms with Gasteiger partial charge in [-0.15, -0.1) is 12.3 Å². The molecule has 0 aliphatic carbocycles. The van der Waals surface area contributed by atoms with Gasteiger partial charge in [0.2, 0.25) is 5.91 Å². The van der Waals surface area contributed by atoms with Gasteiger partial charge in [-0.3, -0.25) is 9.59 Å². The number of primary amides is 1. The van der Waals surface area contributed by atoms with E-state index in [2.05, 4.69) is 11.2 Å². The highest BCUT2D eigenvalue weighted by atomic mass is 19.1. The number of nitrogens with one attached hydrogen (secondary N) is 1. The van der Waals surface area contributed by atoms with Gasteiger partial charge in [-0.25, -0.2) is 4.39 Å². The molecule has 1 rings (SSSR count). The molecule has 1 aromatic rings. The molecule has 3 N–H and O–H groups in total. The largest absolute Gasteiger partial charge is 0.368 e. The highest BCUT2D eigenvalue weighted by Gasteiger charge is 2.19. The number of unbranched alkanes of at least 4 members (excludes halogenated alkanes) is 1. The van der Waals surface area contributed by atoms with Gasteiger partial charge in [-0.2, -0.15) is 0 Å². The second-order valence-corrected chi connectivity index (χ2v) is 4.00. The predicted molar refractivity (Wildman–Crippen MR) is 69.5 cm³/mol. The van der Waals surface area contributed by atoms with Crippen LogP contribution < -0.4 is 11.1 Å². The summed E-state index contributed by atoms with van der Waals surface area (Å²) in [4.78, 5) is 23.0. The first kappa shape index (κ1) is 14.7. The SMILES string of the molecule is C#CCCC[C@@H](NC(=O)c1ccccc1F)C(N)=O. The molecule has 2 amide bonds. The molecule has 5 heteroatoms. The minimum atomic E-state index is -0.847. The number of amides is 2. The fourth-order valence-electron chi connectivity index (χ4n) is 1.58. The zero-order valence-corrected chi connectivity index (χ0v) is 10.4. The minimum absolute atomic E-state index is 0.120. The molecule has 4 nitrogen and oxygen atoms in total. The lowest BCUT2D eigenvalue weighted by molar-refractivity contribution is -0.120. The summed E-state index contributed by atoms with van der Waals surface area (Å²) in [5.74, 6) is 0.456. The summed E-state index contributed by atoms with van der Waals surface area (Å²) in [5.41, 5.74) is 5.06. The Morgan fingerprint density at radius 2 is 2.11 bits per heavy atom. The topological polar surface area (TPSA) is 72.2 Å². The van der Waals surface area contributed by atoms with E-state index in [0.717, 1.165) is 0 Å². The van der Waals surface area contributed by atoms with Crippen molar-refractivity contribution in [1.82, 2.24) is 5.32 Å². The molecule has 0 aromatic heterocycles. The van der Waals surface area contributed by atoms with Crippen molar-refractivity contribution in [1.29, 1.82) is 0 Å². The van der Waals surface area contributed by atoms with Crippen molar-refractivity contribution in [2.45, 2.75) is 25.3 Å². The third-order valence-electron chi connectivity index (χ3n) is 2.58. The highest BCUT2D eigenvalue weighted by molar-refractivity contribution is 5.97. The first-order valence-electron chi connectivity index (χ1n) is 5.84. The van der Waals surface area contributed by atoms with Gasteiger partial charge in [0.05, 0.1) is 5.56 Å². The fraction of sp³-hybridized carbons (Fsp3) is 0.286. The van der Waals surface area contributed by atoms with Crippen molar-refractivity contribution in [3.8, 4) is 12.3 Å². The summed E-state index contributed by atoms with van der Waals surface area (Å²) in [6.07, 6.45) is 6.48. The van der Waals surface area contributed by atoms with E-state index in [1.54, 1.807) is 0 Å². The first-order valence-corrected chi connectivity index (χ1v) is 5.84. The molecular formula is C14H15FN2O2. The van der Waals surface area contributed by atoms with E-state index in [1.807, 2.05) is 0 Å². The van der Waals surface area contributed by atoms with Gasteiger partial charge in [-0.1, -0.05) is 12.1 Å². The molecule has 0 spiro atoms. The maximum Gasteiger partial charge on any atom is 0.254 e. The quantitative estimate of drug-likeness (QED) is 0.597. The van der Waals surface area contributed by atoms with Crippen LogP contribution in [0.1, 0.15) is 29.6 Å². The molecule has 19 heavy (non-hydrogen) atoms. The van der Waals surface area contributed by atoms with Crippen LogP contribution in [0.25, 0.3) is 0 Å². The van der Waals surface area contributed by atoms with Gasteiger partial charge in [0.15, 0.2) is 0 Å². The Morgan fingerprint density at radius 3 is 2.68 bits per heavy atom. The smallest absolute Gasteiger partial charge is 0.254 e. The molecule has 1 atom stereocenters. The Bertz CT molecular complexity index is 508. The molecule has 0 unspecified atom stereocenters. The van der Waals surface area contributed by atoms with Gasteiger partial charge in [0, 0.05) is 6.42 Å². The number of carbonyl (C=O) groups excluding carboxylic acids is 2. The van der Waals surface area contributed by atoms with E-state index in [9.17, 15) is 14.0 Å². The van der Waals surface area contributed by atoms with Crippen molar-refractivity contribution >= 4 is 11.8 Å². The van der Waals surface area contributed by atoms with E-state index in [-0.39, 0.29) is 5.56 Å². The molecule has 0 aliphatic rings. The fourth-order valence-corrected chi connectivity index (χ4v) is 1.58. The Balaban J connectivity index is 2.69. The van der Waals surface area contributed by atoms with Crippen LogP contribution in [0.2, 0.25) is 0 Å². The monoisotopic (exact) mass is 262 g/mol. The van der Waals surface area contributed by atoms with Crippen molar-refractivity contribution in [3.05, 3.63) is 35.6 Å². The van der Waals surface area contributed by atoms with Crippen LogP contribution in [-0.2, 0) is 4.79 Å². The number of halogens is 1. The molecule has 1 aromatic carbocycles. The normalized spacial score (nSPS) is 11.4. The second kappa shape index (κ2) is 7.17. The Hall–Kier alpha value is -2.35. The maximum absolute atomic E-state index is 13.4. The molecule has 0 saturated heterocycles. The molecule has 0 radical (unpaired) electrons. The standard InChI is InChI=1S/C14H15FN2O2/c1-2-3-4-9-12(13(16)18)17-14(19)10-7-5-6-8-11(10)15/h1,5-8,12H,3-4,9H2,(H2,16,18)(H,17,19)/t12-/m1/s1. The Morgan fingerprint density at radius 1 is 1.42 bits per heavy atom. The summed E-state index contributed by atoms with van der Waals surface area (Å²) < 4.78 is 13.4. The summed E-state index contributed by atoms with van der Waals surface area (Å²) in [6, 6.07) is 4.68. The third-order valence-corrected chi connectivity index (χ3v) is 2.58. The second-order valence-electron chi connectivity index (χ2n) is 4.00. The van der Waals surface area contributed by atoms with Crippen LogP contribution >= 0.6 is 0 Å². The summed E-state index contributed by atoms with van der Waals surface area (Å²) in [7, 11) is 0. The average Bonchev–Trinajstić information content (AvgIpc) is 2.38. The molecule has 0 saturated carbocycles. The van der Waals surface area contributed by atoms with E-state index in [4.69, 9.17) is 12.2 Å². The number of rotatable bonds is 6. The predicted octanol–water partition coefficient (Wildman–Crippen LogP) is 1.21. The van der Waals surface area contributed by atoms with Crippen LogP contribution in [0.5, 0.6) is 0 Å². The Labute approximate surface area is 111 Å². The maximum atomic E-state index is 13.4. The van der Waals surface area contributed by atoms with Crippen LogP contribution in [0, 0.1) is 18.2 Å². The van der Waals surface area contributed by atoms with Crippen molar-refractivity contribution < 1.29 is 14.0 Å². The lowest BCUT2D eigenvalue weighted by Gasteiger charge is -2.15. The Kier molecular flexibility index (Phi) is 5.55. The molecule has 0 bridgehead atoms. The number of hydrogen-bond donors (Lipinski definition) is 2. The zero-order chi connectivity index (χ0) is 14.3. The van der Waals surface area contributed by atoms with E-state index in [1.165, 1.54) is 24.3 Å². The zero-order valence-electron chi connectivity index (χ0n) is 10.4. The molecule has 0 aliphatic heterocycles. The van der Waals surface area contributed by atoms with Gasteiger partial charge < -0.3 is 11.1 Å². The van der Waals surface area contributed by atoms with E-state index < -0.39 is 23.7 Å². The van der Waals surface area contributed by atoms with Gasteiger partial charge in [0.1, 0.15) is 11.9 Å². The molecule has 100 valence electrons. The number of carbonyl (C=O) groups is 2. The van der Waals surface area contributed by atoms with Gasteiger partial charge in [0.25, 0.3) is 5.91 Å². The van der Waals surface area contributed by atoms with Crippen molar-refractivity contribution in [2.24, 2.45) is 5.73 Å². The van der Waals surface area contributed by atoms with Crippen LogP contribution in [0.4, 0.5) is 4.39 Å². The van der Waals surface area contributed by atoms with Crippen LogP contribution in [0.3, 0.4) is 0 Å². The van der Waals surface area contributed by atoms with Gasteiger partial charge in [-0.05, 0) is 25.0 Å². The van der Waals surface area contributed by atoms with Crippen molar-refractivity contribution in [2.75, 3.05) is 0 Å². The minimum Gasteiger partial charge on any atom is -0.368 e. The van der Waals surface area contributed by atoms with E-state index >= 15 is 0 Å². The van der Waals surface area contributed by atoms with Crippen LogP contribution in [0.15, 0.2) is 24.3 Å². The number of benzene rings is 1. The summed E-state index contributed by atoms with van der Waals surface area (Å²) in [5, 5.41) is 2.41. The lowest BCUT2D eigenvalue weighted by Crippen LogP contribution is -2.44. The average molecular weight is 262 g/mol. The number of hydrogen-bond acceptors (Lipinski definition) is 2. The van der Waals surface area contributed by atoms with E-state index in [0.29, 0.717) is 19.3 Å². The highest BCUT2D eigenvalue weighted by Crippen LogP contribution is 2.07. The summed E-state index contributed by atoms with van der Waals surface area (Å²) in [6.45, 7) is 0. The number of nitrogens with two attached hydrogens (primary N) is 1. The first-order chi connectivity index (χ1) is 9.06. The number of terminal acetylenes is 1. The molecule has 0 fully saturated rings. The molecular weight excluding hydrogens is 247 g/mol. The van der Waals surface area contributed by atoms with Gasteiger partial charge >= 0.3 is 0 Å².